The topological polar surface area (TPSA) is 35.3 Å². The molecule has 0 fully saturated rings. The first-order chi connectivity index (χ1) is 9.36. The fourth-order valence-corrected chi connectivity index (χ4v) is 1.88. The van der Waals surface area contributed by atoms with Crippen LogP contribution < -0.4 is 4.74 Å². The molecule has 2 aromatic carbocycles. The summed E-state index contributed by atoms with van der Waals surface area (Å²) in [6.45, 7) is 0. The van der Waals surface area contributed by atoms with Gasteiger partial charge in [-0.3, -0.25) is 0 Å². The molecular weight excluding hydrogens is 274 g/mol. The number of methoxy groups -OCH3 is 1. The van der Waals surface area contributed by atoms with Crippen LogP contribution in [0.1, 0.15) is 0 Å². The van der Waals surface area contributed by atoms with Gasteiger partial charge in [-0.25, -0.2) is 4.98 Å². The standard InChI is InChI=1S/C16H13NO2.ClH/c1-18-14-9-7-12(8-10-14)15-11-17-16(19-15)13-5-3-2-4-6-13;/h2-11H,1H3;1H. The molecule has 0 aliphatic carbocycles. The number of aromatic nitrogens is 1. The lowest BCUT2D eigenvalue weighted by Crippen LogP contribution is -1.81. The van der Waals surface area contributed by atoms with E-state index in [0.717, 1.165) is 22.6 Å². The van der Waals surface area contributed by atoms with Crippen LogP contribution in [0.25, 0.3) is 22.8 Å². The lowest BCUT2D eigenvalue weighted by Gasteiger charge is -2.00. The molecule has 4 heteroatoms. The SMILES string of the molecule is COc1ccc(-c2cnc(-c3ccccc3)o2)cc1.Cl. The average Bonchev–Trinajstić information content (AvgIpc) is 2.98. The molecule has 0 unspecified atom stereocenters. The van der Waals surface area contributed by atoms with Crippen molar-refractivity contribution in [3.8, 4) is 28.5 Å². The number of nitrogens with zero attached hydrogens (tertiary/aromatic N) is 1. The van der Waals surface area contributed by atoms with Gasteiger partial charge in [0, 0.05) is 11.1 Å². The van der Waals surface area contributed by atoms with Crippen molar-refractivity contribution in [1.29, 1.82) is 0 Å². The van der Waals surface area contributed by atoms with Crippen LogP contribution in [0.5, 0.6) is 5.75 Å². The van der Waals surface area contributed by atoms with E-state index in [0.29, 0.717) is 5.89 Å². The molecule has 0 N–H and O–H groups in total. The van der Waals surface area contributed by atoms with Gasteiger partial charge in [0.2, 0.25) is 5.89 Å². The molecule has 3 aromatic rings. The Bertz CT molecular complexity index is 662. The van der Waals surface area contributed by atoms with Crippen LogP contribution >= 0.6 is 12.4 Å². The molecule has 0 aliphatic rings. The molecule has 0 amide bonds. The molecule has 1 heterocycles. The third-order valence-electron chi connectivity index (χ3n) is 2.90. The summed E-state index contributed by atoms with van der Waals surface area (Å²) < 4.78 is 10.9. The molecule has 0 saturated heterocycles. The van der Waals surface area contributed by atoms with Crippen LogP contribution in [-0.4, -0.2) is 12.1 Å². The maximum absolute atomic E-state index is 5.78. The Labute approximate surface area is 123 Å². The van der Waals surface area contributed by atoms with Crippen molar-refractivity contribution < 1.29 is 9.15 Å². The first kappa shape index (κ1) is 14.2. The van der Waals surface area contributed by atoms with Crippen LogP contribution in [0.2, 0.25) is 0 Å². The third-order valence-corrected chi connectivity index (χ3v) is 2.90. The maximum atomic E-state index is 5.78. The minimum atomic E-state index is 0. The van der Waals surface area contributed by atoms with Gasteiger partial charge in [0.25, 0.3) is 0 Å². The van der Waals surface area contributed by atoms with Crippen molar-refractivity contribution in [1.82, 2.24) is 4.98 Å². The van der Waals surface area contributed by atoms with E-state index in [1.54, 1.807) is 13.3 Å². The number of benzene rings is 2. The number of halogens is 1. The Morgan fingerprint density at radius 1 is 0.900 bits per heavy atom. The molecule has 3 nitrogen and oxygen atoms in total. The number of rotatable bonds is 3. The highest BCUT2D eigenvalue weighted by molar-refractivity contribution is 5.85. The maximum Gasteiger partial charge on any atom is 0.226 e. The van der Waals surface area contributed by atoms with Crippen LogP contribution in [0.3, 0.4) is 0 Å². The van der Waals surface area contributed by atoms with Gasteiger partial charge in [0.1, 0.15) is 5.75 Å². The first-order valence-electron chi connectivity index (χ1n) is 6.02. The Morgan fingerprint density at radius 2 is 1.60 bits per heavy atom. The zero-order chi connectivity index (χ0) is 13.1. The Morgan fingerprint density at radius 3 is 2.25 bits per heavy atom. The molecule has 0 atom stereocenters. The second-order valence-electron chi connectivity index (χ2n) is 4.12. The van der Waals surface area contributed by atoms with Crippen LogP contribution in [0, 0.1) is 0 Å². The van der Waals surface area contributed by atoms with Gasteiger partial charge in [-0.1, -0.05) is 18.2 Å². The van der Waals surface area contributed by atoms with Crippen molar-refractivity contribution in [3.63, 3.8) is 0 Å². The van der Waals surface area contributed by atoms with Crippen molar-refractivity contribution in [3.05, 3.63) is 60.8 Å². The lowest BCUT2D eigenvalue weighted by atomic mass is 10.2. The molecule has 102 valence electrons. The highest BCUT2D eigenvalue weighted by atomic mass is 35.5. The van der Waals surface area contributed by atoms with Crippen LogP contribution in [-0.2, 0) is 0 Å². The molecule has 3 rings (SSSR count). The van der Waals surface area contributed by atoms with Crippen molar-refractivity contribution in [2.45, 2.75) is 0 Å². The summed E-state index contributed by atoms with van der Waals surface area (Å²) in [5.41, 5.74) is 1.96. The molecule has 0 saturated carbocycles. The molecule has 0 spiro atoms. The fourth-order valence-electron chi connectivity index (χ4n) is 1.88. The zero-order valence-corrected chi connectivity index (χ0v) is 11.8. The van der Waals surface area contributed by atoms with Gasteiger partial charge in [-0.05, 0) is 36.4 Å². The highest BCUT2D eigenvalue weighted by Gasteiger charge is 2.07. The highest BCUT2D eigenvalue weighted by Crippen LogP contribution is 2.27. The third kappa shape index (κ3) is 2.83. The summed E-state index contributed by atoms with van der Waals surface area (Å²) in [5.74, 6) is 2.21. The normalized spacial score (nSPS) is 9.85. The average molecular weight is 288 g/mol. The zero-order valence-electron chi connectivity index (χ0n) is 10.9. The monoisotopic (exact) mass is 287 g/mol. The smallest absolute Gasteiger partial charge is 0.226 e. The minimum Gasteiger partial charge on any atom is -0.497 e. The molecule has 1 aromatic heterocycles. The summed E-state index contributed by atoms with van der Waals surface area (Å²) in [4.78, 5) is 4.31. The van der Waals surface area contributed by atoms with E-state index in [9.17, 15) is 0 Å². The summed E-state index contributed by atoms with van der Waals surface area (Å²) >= 11 is 0. The minimum absolute atomic E-state index is 0. The molecular formula is C16H14ClNO2. The summed E-state index contributed by atoms with van der Waals surface area (Å²) in [5, 5.41) is 0. The number of hydrogen-bond donors (Lipinski definition) is 0. The number of oxazole rings is 1. The summed E-state index contributed by atoms with van der Waals surface area (Å²) in [7, 11) is 1.65. The van der Waals surface area contributed by atoms with E-state index in [-0.39, 0.29) is 12.4 Å². The van der Waals surface area contributed by atoms with Crippen molar-refractivity contribution in [2.24, 2.45) is 0 Å². The van der Waals surface area contributed by atoms with E-state index < -0.39 is 0 Å². The molecule has 20 heavy (non-hydrogen) atoms. The molecule has 0 radical (unpaired) electrons. The van der Waals surface area contributed by atoms with Gasteiger partial charge >= 0.3 is 0 Å². The van der Waals surface area contributed by atoms with Crippen molar-refractivity contribution in [2.75, 3.05) is 7.11 Å². The fraction of sp³-hybridized carbons (Fsp3) is 0.0625. The van der Waals surface area contributed by atoms with E-state index in [1.807, 2.05) is 54.6 Å². The lowest BCUT2D eigenvalue weighted by molar-refractivity contribution is 0.415. The summed E-state index contributed by atoms with van der Waals surface area (Å²) in [6.07, 6.45) is 1.74. The molecule has 0 bridgehead atoms. The summed E-state index contributed by atoms with van der Waals surface area (Å²) in [6, 6.07) is 17.6. The Kier molecular flexibility index (Phi) is 4.43. The van der Waals surface area contributed by atoms with E-state index >= 15 is 0 Å². The second-order valence-corrected chi connectivity index (χ2v) is 4.12. The quantitative estimate of drug-likeness (QED) is 0.714. The van der Waals surface area contributed by atoms with Gasteiger partial charge in [-0.15, -0.1) is 12.4 Å². The van der Waals surface area contributed by atoms with E-state index in [1.165, 1.54) is 0 Å². The largest absolute Gasteiger partial charge is 0.497 e. The van der Waals surface area contributed by atoms with Gasteiger partial charge < -0.3 is 9.15 Å². The predicted octanol–water partition coefficient (Wildman–Crippen LogP) is 4.44. The van der Waals surface area contributed by atoms with E-state index in [4.69, 9.17) is 9.15 Å². The van der Waals surface area contributed by atoms with Crippen LogP contribution in [0.4, 0.5) is 0 Å². The first-order valence-corrected chi connectivity index (χ1v) is 6.02. The van der Waals surface area contributed by atoms with E-state index in [2.05, 4.69) is 4.98 Å². The van der Waals surface area contributed by atoms with Crippen molar-refractivity contribution >= 4 is 12.4 Å². The molecule has 0 aliphatic heterocycles. The number of hydrogen-bond acceptors (Lipinski definition) is 3. The Hall–Kier alpha value is -2.26. The van der Waals surface area contributed by atoms with Crippen LogP contribution in [0.15, 0.2) is 65.2 Å². The van der Waals surface area contributed by atoms with Gasteiger partial charge in [-0.2, -0.15) is 0 Å². The number of ether oxygens (including phenoxy) is 1. The second kappa shape index (κ2) is 6.26. The van der Waals surface area contributed by atoms with Gasteiger partial charge in [0.15, 0.2) is 5.76 Å². The predicted molar refractivity (Wildman–Crippen MR) is 81.2 cm³/mol. The Balaban J connectivity index is 0.00000147. The van der Waals surface area contributed by atoms with Gasteiger partial charge in [0.05, 0.1) is 13.3 Å².